The quantitative estimate of drug-likeness (QED) is 0.757. The van der Waals surface area contributed by atoms with Crippen molar-refractivity contribution in [3.8, 4) is 0 Å². The van der Waals surface area contributed by atoms with Crippen LogP contribution in [0.25, 0.3) is 0 Å². The van der Waals surface area contributed by atoms with Crippen LogP contribution < -0.4 is 4.90 Å². The van der Waals surface area contributed by atoms with Gasteiger partial charge in [0.15, 0.2) is 0 Å². The van der Waals surface area contributed by atoms with Gasteiger partial charge in [-0.25, -0.2) is 0 Å². The zero-order valence-corrected chi connectivity index (χ0v) is 13.5. The van der Waals surface area contributed by atoms with Crippen LogP contribution in [0.4, 0.5) is 5.69 Å². The molecule has 2 aliphatic heterocycles. The molecule has 4 heteroatoms. The summed E-state index contributed by atoms with van der Waals surface area (Å²) in [7, 11) is 0. The summed E-state index contributed by atoms with van der Waals surface area (Å²) in [5.74, 6) is 0. The van der Waals surface area contributed by atoms with Gasteiger partial charge in [0.25, 0.3) is 0 Å². The van der Waals surface area contributed by atoms with Gasteiger partial charge in [0, 0.05) is 36.2 Å². The summed E-state index contributed by atoms with van der Waals surface area (Å²) < 4.78 is 1.17. The normalized spacial score (nSPS) is 19.2. The average molecular weight is 339 g/mol. The van der Waals surface area contributed by atoms with Gasteiger partial charge in [0.2, 0.25) is 0 Å². The van der Waals surface area contributed by atoms with Crippen molar-refractivity contribution in [2.75, 3.05) is 31.1 Å². The highest BCUT2D eigenvalue weighted by atomic mass is 79.9. The molecule has 0 unspecified atom stereocenters. The molecule has 1 aromatic rings. The zero-order valence-electron chi connectivity index (χ0n) is 11.1. The number of likely N-dealkylation sites (tertiary alicyclic amines) is 1. The van der Waals surface area contributed by atoms with Gasteiger partial charge in [0.1, 0.15) is 4.99 Å². The second-order valence-electron chi connectivity index (χ2n) is 5.36. The third-order valence-electron chi connectivity index (χ3n) is 4.03. The molecule has 0 spiro atoms. The van der Waals surface area contributed by atoms with Crippen LogP contribution in [0.15, 0.2) is 22.7 Å². The van der Waals surface area contributed by atoms with E-state index in [2.05, 4.69) is 43.9 Å². The molecule has 2 aliphatic rings. The maximum Gasteiger partial charge on any atom is 0.109 e. The molecule has 3 rings (SSSR count). The Hall–Kier alpha value is -0.610. The Morgan fingerprint density at radius 2 is 1.63 bits per heavy atom. The Bertz CT molecular complexity index is 477. The molecule has 0 bridgehead atoms. The third kappa shape index (κ3) is 2.79. The summed E-state index contributed by atoms with van der Waals surface area (Å²) in [4.78, 5) is 5.78. The first-order chi connectivity index (χ1) is 9.25. The monoisotopic (exact) mass is 338 g/mol. The minimum absolute atomic E-state index is 1.01. The molecule has 0 radical (unpaired) electrons. The highest BCUT2D eigenvalue weighted by Crippen LogP contribution is 2.30. The lowest BCUT2D eigenvalue weighted by Crippen LogP contribution is -2.26. The van der Waals surface area contributed by atoms with E-state index in [4.69, 9.17) is 12.2 Å². The van der Waals surface area contributed by atoms with Crippen molar-refractivity contribution in [3.05, 3.63) is 28.2 Å². The average Bonchev–Trinajstić information content (AvgIpc) is 3.11. The molecular formula is C15H19BrN2S. The third-order valence-corrected chi connectivity index (χ3v) is 5.16. The highest BCUT2D eigenvalue weighted by Gasteiger charge is 2.19. The lowest BCUT2D eigenvalue weighted by molar-refractivity contribution is 0.530. The van der Waals surface area contributed by atoms with Gasteiger partial charge in [-0.2, -0.15) is 0 Å². The predicted octanol–water partition coefficient (Wildman–Crippen LogP) is 3.82. The van der Waals surface area contributed by atoms with Crippen LogP contribution >= 0.6 is 28.1 Å². The second kappa shape index (κ2) is 5.80. The molecule has 0 saturated carbocycles. The Labute approximate surface area is 128 Å². The minimum atomic E-state index is 1.01. The first-order valence-electron chi connectivity index (χ1n) is 7.09. The first-order valence-corrected chi connectivity index (χ1v) is 8.29. The van der Waals surface area contributed by atoms with Crippen molar-refractivity contribution in [1.29, 1.82) is 0 Å². The summed E-state index contributed by atoms with van der Waals surface area (Å²) in [5.41, 5.74) is 2.48. The Balaban J connectivity index is 1.80. The zero-order chi connectivity index (χ0) is 13.2. The summed E-state index contributed by atoms with van der Waals surface area (Å²) in [6, 6.07) is 6.58. The molecule has 1 aromatic carbocycles. The van der Waals surface area contributed by atoms with Gasteiger partial charge in [-0.05, 0) is 59.8 Å². The fraction of sp³-hybridized carbons (Fsp3) is 0.533. The van der Waals surface area contributed by atoms with Crippen molar-refractivity contribution in [2.24, 2.45) is 0 Å². The number of benzene rings is 1. The topological polar surface area (TPSA) is 6.48 Å². The SMILES string of the molecule is S=C(c1ccc(N2CCCC2)c(Br)c1)N1CCCC1. The molecule has 2 fully saturated rings. The fourth-order valence-electron chi connectivity index (χ4n) is 2.96. The van der Waals surface area contributed by atoms with Crippen LogP contribution in [0.1, 0.15) is 31.2 Å². The number of hydrogen-bond acceptors (Lipinski definition) is 2. The van der Waals surface area contributed by atoms with Gasteiger partial charge < -0.3 is 9.80 Å². The molecule has 2 saturated heterocycles. The maximum atomic E-state index is 5.61. The van der Waals surface area contributed by atoms with Crippen molar-refractivity contribution in [2.45, 2.75) is 25.7 Å². The Kier molecular flexibility index (Phi) is 4.08. The molecule has 2 nitrogen and oxygen atoms in total. The molecule has 2 heterocycles. The fourth-order valence-corrected chi connectivity index (χ4v) is 3.90. The first kappa shape index (κ1) is 13.4. The van der Waals surface area contributed by atoms with E-state index in [0.717, 1.165) is 18.1 Å². The molecule has 0 atom stereocenters. The summed E-state index contributed by atoms with van der Waals surface area (Å²) in [6.07, 6.45) is 5.15. The number of anilines is 1. The molecule has 0 N–H and O–H groups in total. The molecular weight excluding hydrogens is 320 g/mol. The number of hydrogen-bond donors (Lipinski definition) is 0. The summed E-state index contributed by atoms with van der Waals surface area (Å²) in [6.45, 7) is 4.58. The smallest absolute Gasteiger partial charge is 0.109 e. The van der Waals surface area contributed by atoms with E-state index in [9.17, 15) is 0 Å². The van der Waals surface area contributed by atoms with E-state index in [1.54, 1.807) is 0 Å². The highest BCUT2D eigenvalue weighted by molar-refractivity contribution is 9.10. The Morgan fingerprint density at radius 1 is 1.00 bits per heavy atom. The molecule has 19 heavy (non-hydrogen) atoms. The largest absolute Gasteiger partial charge is 0.371 e. The molecule has 102 valence electrons. The minimum Gasteiger partial charge on any atom is -0.371 e. The molecule has 0 amide bonds. The predicted molar refractivity (Wildman–Crippen MR) is 88.1 cm³/mol. The lowest BCUT2D eigenvalue weighted by Gasteiger charge is -2.22. The summed E-state index contributed by atoms with van der Waals surface area (Å²) >= 11 is 9.32. The number of halogens is 1. The van der Waals surface area contributed by atoms with Crippen LogP contribution in [-0.2, 0) is 0 Å². The van der Waals surface area contributed by atoms with Crippen molar-refractivity contribution in [1.82, 2.24) is 4.90 Å². The van der Waals surface area contributed by atoms with E-state index in [0.29, 0.717) is 0 Å². The van der Waals surface area contributed by atoms with Crippen LogP contribution in [-0.4, -0.2) is 36.1 Å². The standard InChI is InChI=1S/C15H19BrN2S/c16-13-11-12(15(19)18-9-3-4-10-18)5-6-14(13)17-7-1-2-8-17/h5-6,11H,1-4,7-10H2. The van der Waals surface area contributed by atoms with Crippen LogP contribution in [0.3, 0.4) is 0 Å². The van der Waals surface area contributed by atoms with E-state index < -0.39 is 0 Å². The van der Waals surface area contributed by atoms with E-state index >= 15 is 0 Å². The van der Waals surface area contributed by atoms with Gasteiger partial charge in [-0.1, -0.05) is 12.2 Å². The Morgan fingerprint density at radius 3 is 2.26 bits per heavy atom. The van der Waals surface area contributed by atoms with Crippen LogP contribution in [0, 0.1) is 0 Å². The van der Waals surface area contributed by atoms with E-state index in [1.807, 2.05) is 0 Å². The molecule has 0 aromatic heterocycles. The number of rotatable bonds is 2. The van der Waals surface area contributed by atoms with Crippen LogP contribution in [0.2, 0.25) is 0 Å². The van der Waals surface area contributed by atoms with Gasteiger partial charge >= 0.3 is 0 Å². The second-order valence-corrected chi connectivity index (χ2v) is 6.60. The van der Waals surface area contributed by atoms with Crippen molar-refractivity contribution >= 4 is 38.8 Å². The van der Waals surface area contributed by atoms with Gasteiger partial charge in [-0.3, -0.25) is 0 Å². The number of thiocarbonyl (C=S) groups is 1. The van der Waals surface area contributed by atoms with Crippen LogP contribution in [0.5, 0.6) is 0 Å². The van der Waals surface area contributed by atoms with Crippen molar-refractivity contribution in [3.63, 3.8) is 0 Å². The van der Waals surface area contributed by atoms with Crippen molar-refractivity contribution < 1.29 is 0 Å². The maximum absolute atomic E-state index is 5.61. The number of nitrogens with zero attached hydrogens (tertiary/aromatic N) is 2. The van der Waals surface area contributed by atoms with E-state index in [-0.39, 0.29) is 0 Å². The van der Waals surface area contributed by atoms with Gasteiger partial charge in [0.05, 0.1) is 5.69 Å². The van der Waals surface area contributed by atoms with Gasteiger partial charge in [-0.15, -0.1) is 0 Å². The molecule has 0 aliphatic carbocycles. The lowest BCUT2D eigenvalue weighted by atomic mass is 10.2. The van der Waals surface area contributed by atoms with E-state index in [1.165, 1.54) is 54.5 Å². The summed E-state index contributed by atoms with van der Waals surface area (Å²) in [5, 5.41) is 0.